The van der Waals surface area contributed by atoms with Gasteiger partial charge in [0.05, 0.1) is 18.2 Å². The number of halogens is 1. The average molecular weight is 458 g/mol. The summed E-state index contributed by atoms with van der Waals surface area (Å²) in [5.74, 6) is -0.0395. The lowest BCUT2D eigenvalue weighted by molar-refractivity contribution is -0.124. The Morgan fingerprint density at radius 1 is 1.29 bits per heavy atom. The number of allylic oxidation sites excluding steroid dienone is 1. The van der Waals surface area contributed by atoms with Gasteiger partial charge in [0.25, 0.3) is 5.91 Å². The molecule has 162 valence electrons. The number of nitrogens with zero attached hydrogens (tertiary/aromatic N) is 1. The fourth-order valence-corrected chi connectivity index (χ4v) is 5.28. The minimum absolute atomic E-state index is 0.0598. The van der Waals surface area contributed by atoms with Crippen LogP contribution in [0.15, 0.2) is 29.7 Å². The Labute approximate surface area is 190 Å². The van der Waals surface area contributed by atoms with Gasteiger partial charge in [-0.05, 0) is 49.4 Å². The molecule has 1 unspecified atom stereocenters. The molecule has 1 saturated carbocycles. The third-order valence-electron chi connectivity index (χ3n) is 5.91. The molecule has 0 bridgehead atoms. The van der Waals surface area contributed by atoms with Crippen LogP contribution in [0, 0.1) is 13.8 Å². The van der Waals surface area contributed by atoms with E-state index in [2.05, 4.69) is 17.2 Å². The SMILES string of the molecule is C=C1CCC(N2Cc3c(csc3CNC(=O)Nc3cc(Cl)c(C)cc3C)C2=O)C(=O)C1. The number of Topliss-reactive ketones (excluding diaryl/α,β-unsaturated/α-hetero) is 1. The number of thiophene rings is 1. The molecule has 8 heteroatoms. The standard InChI is InChI=1S/C23H24ClN3O3S/c1-12-4-5-19(20(28)6-12)27-10-15-16(22(27)29)11-31-21(15)9-25-23(30)26-18-8-17(24)13(2)7-14(18)3/h7-8,11,19H,1,4-6,9-10H2,2-3H3,(H2,25,26,30). The topological polar surface area (TPSA) is 78.5 Å². The summed E-state index contributed by atoms with van der Waals surface area (Å²) in [6.07, 6.45) is 1.74. The van der Waals surface area contributed by atoms with Gasteiger partial charge >= 0.3 is 6.03 Å². The number of aryl methyl sites for hydroxylation is 2. The van der Waals surface area contributed by atoms with E-state index in [1.165, 1.54) is 11.3 Å². The summed E-state index contributed by atoms with van der Waals surface area (Å²) in [4.78, 5) is 40.3. The minimum atomic E-state index is -0.381. The fourth-order valence-electron chi connectivity index (χ4n) is 4.14. The number of rotatable bonds is 4. The summed E-state index contributed by atoms with van der Waals surface area (Å²) < 4.78 is 0. The highest BCUT2D eigenvalue weighted by Gasteiger charge is 2.39. The highest BCUT2D eigenvalue weighted by Crippen LogP contribution is 2.35. The first-order chi connectivity index (χ1) is 14.7. The van der Waals surface area contributed by atoms with Crippen LogP contribution in [0.1, 0.15) is 51.2 Å². The summed E-state index contributed by atoms with van der Waals surface area (Å²) in [5.41, 5.74) is 5.01. The van der Waals surface area contributed by atoms with E-state index in [4.69, 9.17) is 11.6 Å². The molecule has 1 aromatic heterocycles. The highest BCUT2D eigenvalue weighted by molar-refractivity contribution is 7.10. The van der Waals surface area contributed by atoms with Crippen LogP contribution in [0.4, 0.5) is 10.5 Å². The zero-order chi connectivity index (χ0) is 22.3. The van der Waals surface area contributed by atoms with E-state index >= 15 is 0 Å². The van der Waals surface area contributed by atoms with Crippen LogP contribution >= 0.6 is 22.9 Å². The first kappa shape index (κ1) is 21.6. The number of carbonyl (C=O) groups excluding carboxylic acids is 3. The van der Waals surface area contributed by atoms with Crippen LogP contribution in [0.5, 0.6) is 0 Å². The highest BCUT2D eigenvalue weighted by atomic mass is 35.5. The van der Waals surface area contributed by atoms with Gasteiger partial charge < -0.3 is 15.5 Å². The van der Waals surface area contributed by atoms with Gasteiger partial charge in [-0.2, -0.15) is 0 Å². The Kier molecular flexibility index (Phi) is 5.90. The van der Waals surface area contributed by atoms with Gasteiger partial charge in [-0.15, -0.1) is 11.3 Å². The normalized spacial score (nSPS) is 18.4. The predicted octanol–water partition coefficient (Wildman–Crippen LogP) is 4.97. The van der Waals surface area contributed by atoms with Crippen LogP contribution < -0.4 is 10.6 Å². The number of anilines is 1. The maximum Gasteiger partial charge on any atom is 0.319 e. The Morgan fingerprint density at radius 2 is 2.06 bits per heavy atom. The van der Waals surface area contributed by atoms with Crippen molar-refractivity contribution in [1.29, 1.82) is 0 Å². The smallest absolute Gasteiger partial charge is 0.319 e. The Hall–Kier alpha value is -2.64. The molecular formula is C23H24ClN3O3S. The third kappa shape index (κ3) is 4.25. The first-order valence-electron chi connectivity index (χ1n) is 10.2. The molecule has 0 spiro atoms. The number of fused-ring (bicyclic) bond motifs is 1. The molecule has 2 aliphatic rings. The van der Waals surface area contributed by atoms with Crippen molar-refractivity contribution in [3.05, 3.63) is 61.8 Å². The second-order valence-corrected chi connectivity index (χ2v) is 9.53. The Balaban J connectivity index is 1.40. The van der Waals surface area contributed by atoms with Crippen molar-refractivity contribution in [2.75, 3.05) is 5.32 Å². The monoisotopic (exact) mass is 457 g/mol. The second kappa shape index (κ2) is 8.48. The van der Waals surface area contributed by atoms with Crippen molar-refractivity contribution >= 4 is 46.3 Å². The molecule has 2 N–H and O–H groups in total. The predicted molar refractivity (Wildman–Crippen MR) is 123 cm³/mol. The molecule has 1 aliphatic heterocycles. The average Bonchev–Trinajstić information content (AvgIpc) is 3.25. The lowest BCUT2D eigenvalue weighted by Gasteiger charge is -2.30. The van der Waals surface area contributed by atoms with Crippen LogP contribution in [-0.2, 0) is 17.9 Å². The number of hydrogen-bond donors (Lipinski definition) is 2. The molecule has 0 saturated heterocycles. The number of nitrogens with one attached hydrogen (secondary N) is 2. The van der Waals surface area contributed by atoms with Gasteiger partial charge in [-0.1, -0.05) is 29.8 Å². The quantitative estimate of drug-likeness (QED) is 0.636. The van der Waals surface area contributed by atoms with Crippen molar-refractivity contribution in [2.45, 2.75) is 52.2 Å². The summed E-state index contributed by atoms with van der Waals surface area (Å²) in [5, 5.41) is 8.10. The number of amides is 3. The number of benzene rings is 1. The van der Waals surface area contributed by atoms with Crippen molar-refractivity contribution in [3.63, 3.8) is 0 Å². The van der Waals surface area contributed by atoms with E-state index < -0.39 is 0 Å². The summed E-state index contributed by atoms with van der Waals surface area (Å²) >= 11 is 7.62. The van der Waals surface area contributed by atoms with E-state index in [9.17, 15) is 14.4 Å². The largest absolute Gasteiger partial charge is 0.333 e. The Morgan fingerprint density at radius 3 is 2.81 bits per heavy atom. The minimum Gasteiger partial charge on any atom is -0.333 e. The molecule has 0 radical (unpaired) electrons. The van der Waals surface area contributed by atoms with Gasteiger partial charge in [0.1, 0.15) is 0 Å². The molecule has 2 heterocycles. The molecule has 1 aromatic carbocycles. The van der Waals surface area contributed by atoms with Crippen LogP contribution in [0.3, 0.4) is 0 Å². The molecule has 2 aromatic rings. The van der Waals surface area contributed by atoms with Crippen molar-refractivity contribution < 1.29 is 14.4 Å². The molecule has 31 heavy (non-hydrogen) atoms. The molecule has 1 atom stereocenters. The summed E-state index contributed by atoms with van der Waals surface area (Å²) in [6, 6.07) is 2.94. The zero-order valence-electron chi connectivity index (χ0n) is 17.5. The molecule has 3 amide bonds. The fraction of sp³-hybridized carbons (Fsp3) is 0.348. The van der Waals surface area contributed by atoms with Gasteiger partial charge in [0, 0.05) is 33.9 Å². The van der Waals surface area contributed by atoms with E-state index in [0.717, 1.165) is 33.6 Å². The van der Waals surface area contributed by atoms with E-state index in [1.807, 2.05) is 25.3 Å². The molecule has 4 rings (SSSR count). The van der Waals surface area contributed by atoms with Crippen molar-refractivity contribution in [2.24, 2.45) is 0 Å². The number of carbonyl (C=O) groups is 3. The Bertz CT molecular complexity index is 1110. The number of ketones is 1. The van der Waals surface area contributed by atoms with Gasteiger partial charge in [0.2, 0.25) is 0 Å². The molecule has 6 nitrogen and oxygen atoms in total. The maximum absolute atomic E-state index is 12.9. The van der Waals surface area contributed by atoms with E-state index in [1.54, 1.807) is 11.0 Å². The molecule has 1 aliphatic carbocycles. The van der Waals surface area contributed by atoms with Gasteiger partial charge in [-0.3, -0.25) is 9.59 Å². The first-order valence-corrected chi connectivity index (χ1v) is 11.4. The lowest BCUT2D eigenvalue weighted by Crippen LogP contribution is -2.43. The van der Waals surface area contributed by atoms with Crippen LogP contribution in [-0.4, -0.2) is 28.7 Å². The molecule has 1 fully saturated rings. The summed E-state index contributed by atoms with van der Waals surface area (Å²) in [6.45, 7) is 8.44. The van der Waals surface area contributed by atoms with Crippen LogP contribution in [0.2, 0.25) is 5.02 Å². The third-order valence-corrected chi connectivity index (χ3v) is 7.34. The number of hydrogen-bond acceptors (Lipinski definition) is 4. The lowest BCUT2D eigenvalue weighted by atomic mass is 9.89. The zero-order valence-corrected chi connectivity index (χ0v) is 19.1. The van der Waals surface area contributed by atoms with Crippen molar-refractivity contribution in [3.8, 4) is 0 Å². The molecular weight excluding hydrogens is 434 g/mol. The van der Waals surface area contributed by atoms with Crippen molar-refractivity contribution in [1.82, 2.24) is 10.2 Å². The second-order valence-electron chi connectivity index (χ2n) is 8.16. The van der Waals surface area contributed by atoms with Crippen LogP contribution in [0.25, 0.3) is 0 Å². The van der Waals surface area contributed by atoms with E-state index in [0.29, 0.717) is 42.2 Å². The van der Waals surface area contributed by atoms with Gasteiger partial charge in [0.15, 0.2) is 5.78 Å². The maximum atomic E-state index is 12.9. The van der Waals surface area contributed by atoms with E-state index in [-0.39, 0.29) is 23.8 Å². The summed E-state index contributed by atoms with van der Waals surface area (Å²) in [7, 11) is 0. The number of urea groups is 1. The van der Waals surface area contributed by atoms with Gasteiger partial charge in [-0.25, -0.2) is 4.79 Å².